The summed E-state index contributed by atoms with van der Waals surface area (Å²) in [6.07, 6.45) is 7.95. The molecule has 0 radical (unpaired) electrons. The highest BCUT2D eigenvalue weighted by atomic mass is 16.5. The van der Waals surface area contributed by atoms with Gasteiger partial charge in [-0.1, -0.05) is 0 Å². The summed E-state index contributed by atoms with van der Waals surface area (Å²) in [5.41, 5.74) is -0.0982. The van der Waals surface area contributed by atoms with E-state index in [1.807, 2.05) is 0 Å². The Morgan fingerprint density at radius 3 is 2.71 bits per heavy atom. The number of hydrogen-bond donors (Lipinski definition) is 2. The van der Waals surface area contributed by atoms with Gasteiger partial charge in [0.1, 0.15) is 0 Å². The lowest BCUT2D eigenvalue weighted by atomic mass is 9.80. The van der Waals surface area contributed by atoms with Gasteiger partial charge in [0.25, 0.3) is 0 Å². The molecule has 0 heterocycles. The zero-order valence-corrected chi connectivity index (χ0v) is 13.3. The van der Waals surface area contributed by atoms with E-state index in [0.717, 1.165) is 45.3 Å². The van der Waals surface area contributed by atoms with Crippen molar-refractivity contribution < 1.29 is 19.3 Å². The van der Waals surface area contributed by atoms with E-state index in [9.17, 15) is 5.11 Å². The largest absolute Gasteiger partial charge is 0.394 e. The Bertz CT molecular complexity index is 285. The minimum atomic E-state index is -0.0982. The number of aliphatic hydroxyl groups excluding tert-OH is 1. The second kappa shape index (κ2) is 9.06. The molecule has 5 heteroatoms. The van der Waals surface area contributed by atoms with Crippen molar-refractivity contribution in [3.05, 3.63) is 0 Å². The minimum Gasteiger partial charge on any atom is -0.394 e. The molecule has 21 heavy (non-hydrogen) atoms. The van der Waals surface area contributed by atoms with Gasteiger partial charge in [-0.15, -0.1) is 0 Å². The molecule has 2 N–H and O–H groups in total. The lowest BCUT2D eigenvalue weighted by Crippen LogP contribution is -2.54. The van der Waals surface area contributed by atoms with Gasteiger partial charge < -0.3 is 24.6 Å². The van der Waals surface area contributed by atoms with E-state index in [4.69, 9.17) is 14.2 Å². The molecule has 2 rings (SSSR count). The molecule has 5 nitrogen and oxygen atoms in total. The van der Waals surface area contributed by atoms with Crippen LogP contribution in [0.15, 0.2) is 0 Å². The summed E-state index contributed by atoms with van der Waals surface area (Å²) in [6, 6.07) is 0.630. The third-order valence-electron chi connectivity index (χ3n) is 4.41. The molecule has 0 spiro atoms. The number of aliphatic hydroxyl groups is 1. The average Bonchev–Trinajstić information content (AvgIpc) is 3.30. The zero-order chi connectivity index (χ0) is 15.0. The van der Waals surface area contributed by atoms with Crippen LogP contribution < -0.4 is 5.32 Å². The second-order valence-corrected chi connectivity index (χ2v) is 6.40. The third-order valence-corrected chi connectivity index (χ3v) is 4.41. The molecule has 0 saturated heterocycles. The van der Waals surface area contributed by atoms with Crippen molar-refractivity contribution in [1.29, 1.82) is 0 Å². The van der Waals surface area contributed by atoms with E-state index >= 15 is 0 Å². The van der Waals surface area contributed by atoms with E-state index in [1.165, 1.54) is 12.8 Å². The summed E-state index contributed by atoms with van der Waals surface area (Å²) < 4.78 is 16.3. The van der Waals surface area contributed by atoms with Gasteiger partial charge in [-0.05, 0) is 44.9 Å². The molecule has 2 aliphatic rings. The van der Waals surface area contributed by atoms with E-state index in [-0.39, 0.29) is 18.2 Å². The first-order chi connectivity index (χ1) is 10.3. The predicted molar refractivity (Wildman–Crippen MR) is 81.5 cm³/mol. The van der Waals surface area contributed by atoms with Crippen LogP contribution in [0.5, 0.6) is 0 Å². The van der Waals surface area contributed by atoms with E-state index < -0.39 is 0 Å². The number of ether oxygens (including phenoxy) is 3. The number of nitrogens with one attached hydrogen (secondary N) is 1. The quantitative estimate of drug-likeness (QED) is 0.566. The molecule has 2 aliphatic carbocycles. The molecular weight excluding hydrogens is 270 g/mol. The second-order valence-electron chi connectivity index (χ2n) is 6.40. The molecule has 2 atom stereocenters. The Labute approximate surface area is 128 Å². The molecule has 124 valence electrons. The summed E-state index contributed by atoms with van der Waals surface area (Å²) in [5.74, 6) is 0. The van der Waals surface area contributed by atoms with Crippen LogP contribution in [0.4, 0.5) is 0 Å². The summed E-state index contributed by atoms with van der Waals surface area (Å²) in [7, 11) is 1.68. The lowest BCUT2D eigenvalue weighted by Gasteiger charge is -2.40. The monoisotopic (exact) mass is 301 g/mol. The fraction of sp³-hybridized carbons (Fsp3) is 1.00. The Balaban J connectivity index is 1.59. The van der Waals surface area contributed by atoms with Crippen molar-refractivity contribution in [1.82, 2.24) is 5.32 Å². The van der Waals surface area contributed by atoms with Gasteiger partial charge in [0.2, 0.25) is 0 Å². The molecule has 2 unspecified atom stereocenters. The standard InChI is InChI=1S/C16H31NO4/c1-19-10-11-20-8-3-9-21-15-4-2-7-16(12-15,13-18)17-14-5-6-14/h14-15,17-18H,2-13H2,1H3. The highest BCUT2D eigenvalue weighted by Crippen LogP contribution is 2.33. The molecule has 2 fully saturated rings. The maximum absolute atomic E-state index is 9.78. The van der Waals surface area contributed by atoms with Gasteiger partial charge in [-0.3, -0.25) is 0 Å². The Morgan fingerprint density at radius 2 is 2.00 bits per heavy atom. The molecule has 0 aromatic heterocycles. The Morgan fingerprint density at radius 1 is 1.14 bits per heavy atom. The molecule has 0 aromatic rings. The summed E-state index contributed by atoms with van der Waals surface area (Å²) in [6.45, 7) is 2.99. The predicted octanol–water partition coefficient (Wildman–Crippen LogP) is 1.48. The smallest absolute Gasteiger partial charge is 0.0700 e. The van der Waals surface area contributed by atoms with E-state index in [2.05, 4.69) is 5.32 Å². The summed E-state index contributed by atoms with van der Waals surface area (Å²) in [5, 5.41) is 13.4. The van der Waals surface area contributed by atoms with Crippen LogP contribution in [0.1, 0.15) is 44.9 Å². The van der Waals surface area contributed by atoms with Crippen LogP contribution in [0.25, 0.3) is 0 Å². The van der Waals surface area contributed by atoms with Crippen LogP contribution in [0.2, 0.25) is 0 Å². The van der Waals surface area contributed by atoms with Crippen LogP contribution >= 0.6 is 0 Å². The average molecular weight is 301 g/mol. The van der Waals surface area contributed by atoms with Crippen molar-refractivity contribution in [2.75, 3.05) is 40.1 Å². The van der Waals surface area contributed by atoms with Gasteiger partial charge in [0.15, 0.2) is 0 Å². The zero-order valence-electron chi connectivity index (χ0n) is 13.3. The van der Waals surface area contributed by atoms with Crippen LogP contribution in [-0.4, -0.2) is 62.9 Å². The van der Waals surface area contributed by atoms with E-state index in [0.29, 0.717) is 19.3 Å². The minimum absolute atomic E-state index is 0.0982. The van der Waals surface area contributed by atoms with Crippen LogP contribution in [0, 0.1) is 0 Å². The highest BCUT2D eigenvalue weighted by Gasteiger charge is 2.40. The van der Waals surface area contributed by atoms with Crippen LogP contribution in [0.3, 0.4) is 0 Å². The van der Waals surface area contributed by atoms with Gasteiger partial charge in [0, 0.05) is 31.9 Å². The van der Waals surface area contributed by atoms with Crippen LogP contribution in [-0.2, 0) is 14.2 Å². The highest BCUT2D eigenvalue weighted by molar-refractivity contribution is 4.99. The first kappa shape index (κ1) is 17.2. The van der Waals surface area contributed by atoms with Gasteiger partial charge in [-0.25, -0.2) is 0 Å². The number of methoxy groups -OCH3 is 1. The van der Waals surface area contributed by atoms with Crippen molar-refractivity contribution in [3.63, 3.8) is 0 Å². The maximum Gasteiger partial charge on any atom is 0.0700 e. The lowest BCUT2D eigenvalue weighted by molar-refractivity contribution is -0.0249. The first-order valence-corrected chi connectivity index (χ1v) is 8.35. The van der Waals surface area contributed by atoms with E-state index in [1.54, 1.807) is 7.11 Å². The molecule has 0 bridgehead atoms. The van der Waals surface area contributed by atoms with Crippen molar-refractivity contribution in [3.8, 4) is 0 Å². The third kappa shape index (κ3) is 6.20. The Kier molecular flexibility index (Phi) is 7.40. The molecular formula is C16H31NO4. The fourth-order valence-corrected chi connectivity index (χ4v) is 3.09. The van der Waals surface area contributed by atoms with Gasteiger partial charge in [0.05, 0.1) is 25.9 Å². The van der Waals surface area contributed by atoms with Crippen molar-refractivity contribution in [2.24, 2.45) is 0 Å². The molecule has 0 amide bonds. The fourth-order valence-electron chi connectivity index (χ4n) is 3.09. The van der Waals surface area contributed by atoms with Gasteiger partial charge >= 0.3 is 0 Å². The van der Waals surface area contributed by atoms with Crippen molar-refractivity contribution in [2.45, 2.75) is 62.6 Å². The Hall–Kier alpha value is -0.200. The summed E-state index contributed by atoms with van der Waals surface area (Å²) >= 11 is 0. The molecule has 2 saturated carbocycles. The SMILES string of the molecule is COCCOCCCOC1CCCC(CO)(NC2CC2)C1. The summed E-state index contributed by atoms with van der Waals surface area (Å²) in [4.78, 5) is 0. The number of hydrogen-bond acceptors (Lipinski definition) is 5. The van der Waals surface area contributed by atoms with Gasteiger partial charge in [-0.2, -0.15) is 0 Å². The van der Waals surface area contributed by atoms with Crippen molar-refractivity contribution >= 4 is 0 Å². The first-order valence-electron chi connectivity index (χ1n) is 8.35. The molecule has 0 aliphatic heterocycles. The topological polar surface area (TPSA) is 60.0 Å². The normalized spacial score (nSPS) is 29.7. The molecule has 0 aromatic carbocycles. The number of rotatable bonds is 11. The maximum atomic E-state index is 9.78.